The van der Waals surface area contributed by atoms with Crippen LogP contribution in [0.4, 0.5) is 0 Å². The second-order valence-corrected chi connectivity index (χ2v) is 5.14. The van der Waals surface area contributed by atoms with Crippen molar-refractivity contribution in [2.45, 2.75) is 31.4 Å². The molecule has 0 radical (unpaired) electrons. The SMILES string of the molecule is O=C(O)CCC(=O)NC1CCOC1c1ccc(Cl)cc1. The molecule has 1 fully saturated rings. The zero-order valence-corrected chi connectivity index (χ0v) is 11.6. The number of aliphatic carboxylic acids is 1. The lowest BCUT2D eigenvalue weighted by Crippen LogP contribution is -2.36. The number of hydrogen-bond acceptors (Lipinski definition) is 3. The van der Waals surface area contributed by atoms with E-state index >= 15 is 0 Å². The molecule has 1 aromatic carbocycles. The molecule has 5 nitrogen and oxygen atoms in total. The molecule has 2 N–H and O–H groups in total. The van der Waals surface area contributed by atoms with Crippen LogP contribution in [-0.2, 0) is 14.3 Å². The average Bonchev–Trinajstić information content (AvgIpc) is 2.85. The summed E-state index contributed by atoms with van der Waals surface area (Å²) < 4.78 is 5.64. The van der Waals surface area contributed by atoms with E-state index in [1.54, 1.807) is 12.1 Å². The van der Waals surface area contributed by atoms with Gasteiger partial charge in [0.05, 0.1) is 12.5 Å². The first-order chi connectivity index (χ1) is 9.56. The van der Waals surface area contributed by atoms with Gasteiger partial charge in [-0.15, -0.1) is 0 Å². The molecule has 0 bridgehead atoms. The Kier molecular flexibility index (Phi) is 4.98. The number of carboxylic acids is 1. The van der Waals surface area contributed by atoms with E-state index in [4.69, 9.17) is 21.4 Å². The van der Waals surface area contributed by atoms with Crippen LogP contribution in [0.1, 0.15) is 30.9 Å². The lowest BCUT2D eigenvalue weighted by Gasteiger charge is -2.20. The van der Waals surface area contributed by atoms with Crippen molar-refractivity contribution >= 4 is 23.5 Å². The lowest BCUT2D eigenvalue weighted by atomic mass is 10.0. The first-order valence-corrected chi connectivity index (χ1v) is 6.82. The predicted molar refractivity (Wildman–Crippen MR) is 73.6 cm³/mol. The molecule has 1 heterocycles. The van der Waals surface area contributed by atoms with Gasteiger partial charge >= 0.3 is 5.97 Å². The Labute approximate surface area is 121 Å². The van der Waals surface area contributed by atoms with Crippen molar-refractivity contribution in [1.29, 1.82) is 0 Å². The third kappa shape index (κ3) is 3.95. The summed E-state index contributed by atoms with van der Waals surface area (Å²) in [5.41, 5.74) is 0.954. The van der Waals surface area contributed by atoms with Crippen molar-refractivity contribution in [3.63, 3.8) is 0 Å². The normalized spacial score (nSPS) is 21.6. The zero-order chi connectivity index (χ0) is 14.5. The summed E-state index contributed by atoms with van der Waals surface area (Å²) in [5, 5.41) is 12.0. The van der Waals surface area contributed by atoms with Gasteiger partial charge in [-0.1, -0.05) is 23.7 Å². The van der Waals surface area contributed by atoms with Gasteiger partial charge in [0, 0.05) is 18.1 Å². The van der Waals surface area contributed by atoms with Crippen LogP contribution in [0.3, 0.4) is 0 Å². The Morgan fingerprint density at radius 3 is 2.65 bits per heavy atom. The fourth-order valence-electron chi connectivity index (χ4n) is 2.22. The highest BCUT2D eigenvalue weighted by molar-refractivity contribution is 6.30. The van der Waals surface area contributed by atoms with Crippen LogP contribution in [0.5, 0.6) is 0 Å². The number of carbonyl (C=O) groups excluding carboxylic acids is 1. The number of carbonyl (C=O) groups is 2. The fraction of sp³-hybridized carbons (Fsp3) is 0.429. The van der Waals surface area contributed by atoms with Crippen LogP contribution in [0, 0.1) is 0 Å². The van der Waals surface area contributed by atoms with E-state index in [1.165, 1.54) is 0 Å². The third-order valence-corrected chi connectivity index (χ3v) is 3.45. The Balaban J connectivity index is 1.95. The van der Waals surface area contributed by atoms with E-state index in [0.717, 1.165) is 5.56 Å². The van der Waals surface area contributed by atoms with Gasteiger partial charge in [-0.3, -0.25) is 9.59 Å². The summed E-state index contributed by atoms with van der Waals surface area (Å²) in [6.07, 6.45) is 0.331. The van der Waals surface area contributed by atoms with Crippen LogP contribution in [0.25, 0.3) is 0 Å². The smallest absolute Gasteiger partial charge is 0.303 e. The Bertz CT molecular complexity index is 488. The van der Waals surface area contributed by atoms with Crippen molar-refractivity contribution in [3.8, 4) is 0 Å². The molecular formula is C14H16ClNO4. The topological polar surface area (TPSA) is 75.6 Å². The number of ether oxygens (including phenoxy) is 1. The summed E-state index contributed by atoms with van der Waals surface area (Å²) in [6, 6.07) is 7.17. The molecule has 1 aliphatic rings. The molecule has 0 spiro atoms. The number of amides is 1. The molecular weight excluding hydrogens is 282 g/mol. The summed E-state index contributed by atoms with van der Waals surface area (Å²) in [4.78, 5) is 22.1. The van der Waals surface area contributed by atoms with Gasteiger partial charge in [0.2, 0.25) is 5.91 Å². The molecule has 0 saturated carbocycles. The maximum Gasteiger partial charge on any atom is 0.303 e. The van der Waals surface area contributed by atoms with Gasteiger partial charge in [0.1, 0.15) is 6.10 Å². The molecule has 2 rings (SSSR count). The van der Waals surface area contributed by atoms with Crippen LogP contribution in [-0.4, -0.2) is 29.6 Å². The molecule has 108 valence electrons. The van der Waals surface area contributed by atoms with Crippen molar-refractivity contribution in [2.24, 2.45) is 0 Å². The van der Waals surface area contributed by atoms with E-state index < -0.39 is 5.97 Å². The number of nitrogens with one attached hydrogen (secondary N) is 1. The summed E-state index contributed by atoms with van der Waals surface area (Å²) in [6.45, 7) is 0.567. The predicted octanol–water partition coefficient (Wildman–Crippen LogP) is 2.15. The van der Waals surface area contributed by atoms with Crippen LogP contribution >= 0.6 is 11.6 Å². The number of carboxylic acid groups (broad SMARTS) is 1. The molecule has 1 saturated heterocycles. The Morgan fingerprint density at radius 1 is 1.30 bits per heavy atom. The van der Waals surface area contributed by atoms with Gasteiger partial charge in [0.25, 0.3) is 0 Å². The van der Waals surface area contributed by atoms with Gasteiger partial charge in [0.15, 0.2) is 0 Å². The molecule has 1 aliphatic heterocycles. The van der Waals surface area contributed by atoms with E-state index in [1.807, 2.05) is 12.1 Å². The summed E-state index contributed by atoms with van der Waals surface area (Å²) in [5.74, 6) is -1.24. The molecule has 0 aliphatic carbocycles. The summed E-state index contributed by atoms with van der Waals surface area (Å²) >= 11 is 5.84. The number of rotatable bonds is 5. The molecule has 1 aromatic rings. The van der Waals surface area contributed by atoms with Crippen LogP contribution < -0.4 is 5.32 Å². The van der Waals surface area contributed by atoms with Gasteiger partial charge in [-0.2, -0.15) is 0 Å². The lowest BCUT2D eigenvalue weighted by molar-refractivity contribution is -0.139. The minimum absolute atomic E-state index is 0.0147. The molecule has 6 heteroatoms. The monoisotopic (exact) mass is 297 g/mol. The van der Waals surface area contributed by atoms with E-state index in [9.17, 15) is 9.59 Å². The highest BCUT2D eigenvalue weighted by atomic mass is 35.5. The Morgan fingerprint density at radius 2 is 2.00 bits per heavy atom. The van der Waals surface area contributed by atoms with Crippen molar-refractivity contribution < 1.29 is 19.4 Å². The molecule has 1 amide bonds. The van der Waals surface area contributed by atoms with E-state index in [2.05, 4.69) is 5.32 Å². The first-order valence-electron chi connectivity index (χ1n) is 6.44. The minimum atomic E-state index is -0.975. The Hall–Kier alpha value is -1.59. The van der Waals surface area contributed by atoms with Crippen molar-refractivity contribution in [1.82, 2.24) is 5.32 Å². The van der Waals surface area contributed by atoms with Crippen molar-refractivity contribution in [3.05, 3.63) is 34.9 Å². The average molecular weight is 298 g/mol. The first kappa shape index (κ1) is 14.8. The minimum Gasteiger partial charge on any atom is -0.481 e. The quantitative estimate of drug-likeness (QED) is 0.873. The number of halogens is 1. The molecule has 20 heavy (non-hydrogen) atoms. The highest BCUT2D eigenvalue weighted by Crippen LogP contribution is 2.29. The standard InChI is InChI=1S/C14H16ClNO4/c15-10-3-1-9(2-4-10)14-11(7-8-20-14)16-12(17)5-6-13(18)19/h1-4,11,14H,5-8H2,(H,16,17)(H,18,19). The summed E-state index contributed by atoms with van der Waals surface area (Å²) in [7, 11) is 0. The molecule has 2 atom stereocenters. The third-order valence-electron chi connectivity index (χ3n) is 3.20. The largest absolute Gasteiger partial charge is 0.481 e. The number of hydrogen-bond donors (Lipinski definition) is 2. The maximum absolute atomic E-state index is 11.7. The van der Waals surface area contributed by atoms with Gasteiger partial charge in [-0.25, -0.2) is 0 Å². The van der Waals surface area contributed by atoms with Gasteiger partial charge < -0.3 is 15.2 Å². The fourth-order valence-corrected chi connectivity index (χ4v) is 2.34. The van der Waals surface area contributed by atoms with Crippen LogP contribution in [0.2, 0.25) is 5.02 Å². The maximum atomic E-state index is 11.7. The molecule has 2 unspecified atom stereocenters. The second kappa shape index (κ2) is 6.72. The van der Waals surface area contributed by atoms with Crippen LogP contribution in [0.15, 0.2) is 24.3 Å². The van der Waals surface area contributed by atoms with Gasteiger partial charge in [-0.05, 0) is 24.1 Å². The van der Waals surface area contributed by atoms with E-state index in [0.29, 0.717) is 18.1 Å². The molecule has 0 aromatic heterocycles. The second-order valence-electron chi connectivity index (χ2n) is 4.70. The van der Waals surface area contributed by atoms with Crippen molar-refractivity contribution in [2.75, 3.05) is 6.61 Å². The highest BCUT2D eigenvalue weighted by Gasteiger charge is 2.30. The van der Waals surface area contributed by atoms with E-state index in [-0.39, 0.29) is 30.9 Å². The zero-order valence-electron chi connectivity index (χ0n) is 10.8. The number of benzene rings is 1.